The molecule has 96 valence electrons. The van der Waals surface area contributed by atoms with E-state index in [0.29, 0.717) is 5.56 Å². The first kappa shape index (κ1) is 14.1. The fourth-order valence-electron chi connectivity index (χ4n) is 1.63. The molecule has 0 saturated heterocycles. The third-order valence-corrected chi connectivity index (χ3v) is 2.59. The number of methoxy groups -OCH3 is 1. The maximum atomic E-state index is 11.3. The van der Waals surface area contributed by atoms with Gasteiger partial charge in [-0.25, -0.2) is 0 Å². The van der Waals surface area contributed by atoms with Gasteiger partial charge in [0, 0.05) is 5.56 Å². The molecule has 0 heterocycles. The Hall–Kier alpha value is -1.99. The van der Waals surface area contributed by atoms with Crippen LogP contribution in [0.5, 0.6) is 5.75 Å². The van der Waals surface area contributed by atoms with Crippen LogP contribution in [0.25, 0.3) is 0 Å². The van der Waals surface area contributed by atoms with Gasteiger partial charge in [0.15, 0.2) is 0 Å². The number of aliphatic hydroxyl groups is 1. The third-order valence-electron chi connectivity index (χ3n) is 2.59. The quantitative estimate of drug-likeness (QED) is 0.626. The van der Waals surface area contributed by atoms with Gasteiger partial charge in [0.1, 0.15) is 5.75 Å². The van der Waals surface area contributed by atoms with E-state index in [1.165, 1.54) is 13.2 Å². The fraction of sp³-hybridized carbons (Fsp3) is 0.357. The normalized spacial score (nSPS) is 11.3. The Bertz CT molecular complexity index is 482. The number of hydrogen-bond acceptors (Lipinski definition) is 4. The number of phenols is 1. The molecule has 0 aliphatic heterocycles. The van der Waals surface area contributed by atoms with Crippen molar-refractivity contribution in [2.75, 3.05) is 7.11 Å². The SMILES string of the molecule is CC#C[C@H](CC(=O)OC)c1ccc(O)c(CO)c1. The number of ether oxygens (including phenoxy) is 1. The van der Waals surface area contributed by atoms with Gasteiger partial charge in [-0.2, -0.15) is 0 Å². The predicted molar refractivity (Wildman–Crippen MR) is 66.9 cm³/mol. The van der Waals surface area contributed by atoms with Crippen LogP contribution in [0.15, 0.2) is 18.2 Å². The van der Waals surface area contributed by atoms with Crippen LogP contribution in [-0.2, 0) is 16.1 Å². The lowest BCUT2D eigenvalue weighted by molar-refractivity contribution is -0.140. The lowest BCUT2D eigenvalue weighted by atomic mass is 9.94. The number of aromatic hydroxyl groups is 1. The van der Waals surface area contributed by atoms with Crippen LogP contribution < -0.4 is 0 Å². The van der Waals surface area contributed by atoms with E-state index in [4.69, 9.17) is 5.11 Å². The van der Waals surface area contributed by atoms with E-state index < -0.39 is 0 Å². The Morgan fingerprint density at radius 2 is 2.22 bits per heavy atom. The van der Waals surface area contributed by atoms with Crippen molar-refractivity contribution in [2.45, 2.75) is 25.9 Å². The molecule has 0 aromatic heterocycles. The lowest BCUT2D eigenvalue weighted by Gasteiger charge is -2.12. The molecule has 0 bridgehead atoms. The summed E-state index contributed by atoms with van der Waals surface area (Å²) >= 11 is 0. The van der Waals surface area contributed by atoms with Gasteiger partial charge in [-0.1, -0.05) is 12.0 Å². The second-order valence-electron chi connectivity index (χ2n) is 3.77. The van der Waals surface area contributed by atoms with Crippen LogP contribution in [0.1, 0.15) is 30.4 Å². The van der Waals surface area contributed by atoms with Crippen molar-refractivity contribution in [3.63, 3.8) is 0 Å². The minimum atomic E-state index is -0.346. The van der Waals surface area contributed by atoms with Gasteiger partial charge in [-0.05, 0) is 24.6 Å². The van der Waals surface area contributed by atoms with Gasteiger partial charge in [-0.15, -0.1) is 5.92 Å². The highest BCUT2D eigenvalue weighted by Crippen LogP contribution is 2.25. The van der Waals surface area contributed by atoms with Crippen LogP contribution in [0.2, 0.25) is 0 Å². The highest BCUT2D eigenvalue weighted by atomic mass is 16.5. The summed E-state index contributed by atoms with van der Waals surface area (Å²) in [4.78, 5) is 11.3. The Kier molecular flexibility index (Phi) is 5.22. The summed E-state index contributed by atoms with van der Waals surface area (Å²) in [6.07, 6.45) is 0.146. The van der Waals surface area contributed by atoms with E-state index in [1.807, 2.05) is 0 Å². The van der Waals surface area contributed by atoms with Crippen LogP contribution >= 0.6 is 0 Å². The Morgan fingerprint density at radius 3 is 2.78 bits per heavy atom. The smallest absolute Gasteiger partial charge is 0.307 e. The van der Waals surface area contributed by atoms with Crippen molar-refractivity contribution >= 4 is 5.97 Å². The second kappa shape index (κ2) is 6.67. The molecular formula is C14H16O4. The minimum Gasteiger partial charge on any atom is -0.508 e. The van der Waals surface area contributed by atoms with Gasteiger partial charge in [0.2, 0.25) is 0 Å². The van der Waals surface area contributed by atoms with Gasteiger partial charge in [0.05, 0.1) is 26.1 Å². The molecule has 0 fully saturated rings. The Balaban J connectivity index is 3.04. The molecule has 4 nitrogen and oxygen atoms in total. The fourth-order valence-corrected chi connectivity index (χ4v) is 1.63. The maximum Gasteiger partial charge on any atom is 0.307 e. The summed E-state index contributed by atoms with van der Waals surface area (Å²) in [7, 11) is 1.33. The molecule has 2 N–H and O–H groups in total. The van der Waals surface area contributed by atoms with E-state index >= 15 is 0 Å². The predicted octanol–water partition coefficient (Wildman–Crippen LogP) is 1.55. The van der Waals surface area contributed by atoms with Crippen molar-refractivity contribution in [3.8, 4) is 17.6 Å². The van der Waals surface area contributed by atoms with E-state index in [-0.39, 0.29) is 30.7 Å². The van der Waals surface area contributed by atoms with Gasteiger partial charge in [0.25, 0.3) is 0 Å². The zero-order chi connectivity index (χ0) is 13.5. The van der Waals surface area contributed by atoms with Crippen molar-refractivity contribution in [3.05, 3.63) is 29.3 Å². The maximum absolute atomic E-state index is 11.3. The summed E-state index contributed by atoms with van der Waals surface area (Å²) in [5.41, 5.74) is 1.19. The molecule has 0 amide bonds. The summed E-state index contributed by atoms with van der Waals surface area (Å²) in [6.45, 7) is 1.43. The Labute approximate surface area is 106 Å². The van der Waals surface area contributed by atoms with Crippen LogP contribution in [0.3, 0.4) is 0 Å². The number of rotatable bonds is 4. The summed E-state index contributed by atoms with van der Waals surface area (Å²) < 4.78 is 4.62. The van der Waals surface area contributed by atoms with Crippen molar-refractivity contribution in [1.29, 1.82) is 0 Å². The lowest BCUT2D eigenvalue weighted by Crippen LogP contribution is -2.07. The zero-order valence-electron chi connectivity index (χ0n) is 10.4. The molecular weight excluding hydrogens is 232 g/mol. The highest BCUT2D eigenvalue weighted by molar-refractivity contribution is 5.71. The molecule has 1 rings (SSSR count). The van der Waals surface area contributed by atoms with Gasteiger partial charge >= 0.3 is 5.97 Å². The van der Waals surface area contributed by atoms with Crippen molar-refractivity contribution in [2.24, 2.45) is 0 Å². The van der Waals surface area contributed by atoms with Crippen LogP contribution in [0, 0.1) is 11.8 Å². The molecule has 0 radical (unpaired) electrons. The second-order valence-corrected chi connectivity index (χ2v) is 3.77. The summed E-state index contributed by atoms with van der Waals surface area (Å²) in [5.74, 6) is 5.07. The number of carbonyl (C=O) groups excluding carboxylic acids is 1. The topological polar surface area (TPSA) is 66.8 Å². The molecule has 1 aromatic rings. The highest BCUT2D eigenvalue weighted by Gasteiger charge is 2.15. The molecule has 1 aromatic carbocycles. The molecule has 18 heavy (non-hydrogen) atoms. The van der Waals surface area contributed by atoms with Gasteiger partial charge in [-0.3, -0.25) is 4.79 Å². The van der Waals surface area contributed by atoms with Crippen LogP contribution in [0.4, 0.5) is 0 Å². The standard InChI is InChI=1S/C14H16O4/c1-3-4-10(8-14(17)18-2)11-5-6-13(16)12(7-11)9-15/h5-7,10,15-16H,8-9H2,1-2H3/t10-/m1/s1. The van der Waals surface area contributed by atoms with E-state index in [9.17, 15) is 9.90 Å². The monoisotopic (exact) mass is 248 g/mol. The van der Waals surface area contributed by atoms with E-state index in [1.54, 1.807) is 19.1 Å². The number of esters is 1. The van der Waals surface area contributed by atoms with E-state index in [0.717, 1.165) is 5.56 Å². The molecule has 0 aliphatic rings. The Morgan fingerprint density at radius 1 is 1.50 bits per heavy atom. The van der Waals surface area contributed by atoms with E-state index in [2.05, 4.69) is 16.6 Å². The number of hydrogen-bond donors (Lipinski definition) is 2. The molecule has 0 spiro atoms. The number of aliphatic hydroxyl groups excluding tert-OH is 1. The largest absolute Gasteiger partial charge is 0.508 e. The van der Waals surface area contributed by atoms with Crippen LogP contribution in [-0.4, -0.2) is 23.3 Å². The summed E-state index contributed by atoms with van der Waals surface area (Å²) in [5, 5.41) is 18.6. The van der Waals surface area contributed by atoms with Crippen molar-refractivity contribution in [1.82, 2.24) is 0 Å². The summed E-state index contributed by atoms with van der Waals surface area (Å²) in [6, 6.07) is 4.82. The first-order valence-corrected chi connectivity index (χ1v) is 5.54. The molecule has 1 atom stereocenters. The number of carbonyl (C=O) groups is 1. The van der Waals surface area contributed by atoms with Gasteiger partial charge < -0.3 is 14.9 Å². The molecule has 0 saturated carbocycles. The minimum absolute atomic E-state index is 0.0301. The molecule has 0 aliphatic carbocycles. The number of benzene rings is 1. The molecule has 4 heteroatoms. The molecule has 0 unspecified atom stereocenters. The third kappa shape index (κ3) is 3.51. The first-order chi connectivity index (χ1) is 8.62. The van der Waals surface area contributed by atoms with Crippen molar-refractivity contribution < 1.29 is 19.7 Å². The zero-order valence-corrected chi connectivity index (χ0v) is 10.4. The average Bonchev–Trinajstić information content (AvgIpc) is 2.38. The average molecular weight is 248 g/mol. The first-order valence-electron chi connectivity index (χ1n) is 5.54.